The molecule has 0 radical (unpaired) electrons. The summed E-state index contributed by atoms with van der Waals surface area (Å²) in [5.74, 6) is -0.0879. The largest absolute Gasteiger partial charge is 0.593 e. The Morgan fingerprint density at radius 1 is 1.15 bits per heavy atom. The maximum absolute atomic E-state index is 12.6. The molecule has 1 aromatic heterocycles. The van der Waals surface area contributed by atoms with E-state index in [1.165, 1.54) is 0 Å². The normalized spacial score (nSPS) is 24.4. The summed E-state index contributed by atoms with van der Waals surface area (Å²) in [6.07, 6.45) is 2.92. The average molecular weight is 372 g/mol. The van der Waals surface area contributed by atoms with E-state index in [1.807, 2.05) is 6.07 Å². The molecule has 3 heterocycles. The van der Waals surface area contributed by atoms with Gasteiger partial charge in [-0.2, -0.15) is 0 Å². The number of pyridine rings is 1. The summed E-state index contributed by atoms with van der Waals surface area (Å²) in [4.78, 5) is 18.7. The number of nitrogens with zero attached hydrogens (tertiary/aromatic N) is 2. The molecule has 0 bridgehead atoms. The summed E-state index contributed by atoms with van der Waals surface area (Å²) in [6, 6.07) is 12.2. The molecule has 1 aromatic carbocycles. The Kier molecular flexibility index (Phi) is 4.26. The van der Waals surface area contributed by atoms with Crippen LogP contribution in [0.1, 0.15) is 23.3 Å². The number of hydrogen-bond acceptors (Lipinski definition) is 5. The van der Waals surface area contributed by atoms with Gasteiger partial charge in [-0.15, -0.1) is 4.72 Å². The first-order chi connectivity index (χ1) is 12.5. The Balaban J connectivity index is 1.52. The van der Waals surface area contributed by atoms with E-state index >= 15 is 0 Å². The number of piperidine rings is 1. The third-order valence-corrected chi connectivity index (χ3v) is 6.53. The number of anilines is 1. The van der Waals surface area contributed by atoms with E-state index in [9.17, 15) is 13.6 Å². The van der Waals surface area contributed by atoms with E-state index in [2.05, 4.69) is 15.0 Å². The second-order valence-corrected chi connectivity index (χ2v) is 8.47. The molecule has 1 fully saturated rings. The number of fused-ring (bicyclic) bond motifs is 1. The standard InChI is InChI=1S/C18H20N4O3S/c23-17(15-6-3-4-10-19-15)22-11-8-18(9-12-22)13-20-26(24,25)16-7-2-1-5-14(16)21-18/h1-7,10H,8-9,11-13H2,(H2-,20,21,24,25). The first-order valence-corrected chi connectivity index (χ1v) is 10.0. The second kappa shape index (κ2) is 6.46. The number of carbonyl (C=O) groups excluding carboxylic acids is 1. The molecule has 1 amide bonds. The molecule has 2 aliphatic heterocycles. The molecule has 1 spiro atoms. The van der Waals surface area contributed by atoms with Crippen molar-refractivity contribution in [2.24, 2.45) is 0 Å². The lowest BCUT2D eigenvalue weighted by Gasteiger charge is -2.41. The van der Waals surface area contributed by atoms with Gasteiger partial charge in [0.15, 0.2) is 15.3 Å². The number of rotatable bonds is 1. The van der Waals surface area contributed by atoms with Crippen LogP contribution in [0.5, 0.6) is 0 Å². The van der Waals surface area contributed by atoms with Gasteiger partial charge in [-0.3, -0.25) is 9.78 Å². The van der Waals surface area contributed by atoms with Gasteiger partial charge >= 0.3 is 0 Å². The zero-order chi connectivity index (χ0) is 18.2. The summed E-state index contributed by atoms with van der Waals surface area (Å²) >= 11 is 0. The van der Waals surface area contributed by atoms with Crippen molar-refractivity contribution < 1.29 is 13.6 Å². The van der Waals surface area contributed by atoms with Crippen LogP contribution < -0.4 is 10.0 Å². The van der Waals surface area contributed by atoms with E-state index in [0.717, 1.165) is 0 Å². The van der Waals surface area contributed by atoms with Crippen LogP contribution in [0.25, 0.3) is 0 Å². The number of sulfonamides is 1. The number of aromatic nitrogens is 1. The van der Waals surface area contributed by atoms with Crippen molar-refractivity contribution in [1.82, 2.24) is 14.6 Å². The number of benzene rings is 1. The van der Waals surface area contributed by atoms with Crippen LogP contribution in [0.3, 0.4) is 0 Å². The van der Waals surface area contributed by atoms with Crippen LogP contribution in [-0.2, 0) is 14.6 Å². The van der Waals surface area contributed by atoms with Gasteiger partial charge in [0.1, 0.15) is 5.69 Å². The van der Waals surface area contributed by atoms with Crippen LogP contribution >= 0.6 is 0 Å². The first kappa shape index (κ1) is 17.1. The minimum absolute atomic E-state index is 0.0879. The molecule has 1 saturated heterocycles. The summed E-state index contributed by atoms with van der Waals surface area (Å²) < 4.78 is 27.6. The summed E-state index contributed by atoms with van der Waals surface area (Å²) in [6.45, 7) is 1.40. The van der Waals surface area contributed by atoms with Crippen molar-refractivity contribution in [2.45, 2.75) is 23.3 Å². The Morgan fingerprint density at radius 3 is 2.62 bits per heavy atom. The van der Waals surface area contributed by atoms with E-state index in [-0.39, 0.29) is 10.8 Å². The third kappa shape index (κ3) is 3.11. The van der Waals surface area contributed by atoms with Crippen molar-refractivity contribution in [3.63, 3.8) is 0 Å². The van der Waals surface area contributed by atoms with Crippen LogP contribution in [0.15, 0.2) is 53.6 Å². The van der Waals surface area contributed by atoms with Crippen LogP contribution in [0.2, 0.25) is 0 Å². The highest BCUT2D eigenvalue weighted by atomic mass is 32.3. The van der Waals surface area contributed by atoms with Gasteiger partial charge in [0.05, 0.1) is 17.8 Å². The predicted octanol–water partition coefficient (Wildman–Crippen LogP) is 1.68. The molecular formula is C18H20N4O3S. The zero-order valence-electron chi connectivity index (χ0n) is 14.2. The Bertz CT molecular complexity index is 866. The molecular weight excluding hydrogens is 352 g/mol. The number of likely N-dealkylation sites (tertiary alicyclic amines) is 1. The quantitative estimate of drug-likeness (QED) is 0.742. The number of nitrogens with one attached hydrogen (secondary N) is 2. The minimum atomic E-state index is -3.53. The molecule has 136 valence electrons. The maximum atomic E-state index is 12.6. The highest BCUT2D eigenvalue weighted by molar-refractivity contribution is 7.96. The van der Waals surface area contributed by atoms with Crippen molar-refractivity contribution in [3.8, 4) is 0 Å². The molecule has 0 saturated carbocycles. The molecule has 2 N–H and O–H groups in total. The second-order valence-electron chi connectivity index (χ2n) is 6.73. The number of hydrogen-bond donors (Lipinski definition) is 2. The molecule has 7 nitrogen and oxygen atoms in total. The molecule has 2 aromatic rings. The number of carbonyl (C=O) groups is 1. The van der Waals surface area contributed by atoms with Gasteiger partial charge in [-0.05, 0) is 37.1 Å². The van der Waals surface area contributed by atoms with Crippen LogP contribution in [0, 0.1) is 0 Å². The molecule has 2 aliphatic rings. The van der Waals surface area contributed by atoms with Gasteiger partial charge in [0.25, 0.3) is 5.91 Å². The molecule has 26 heavy (non-hydrogen) atoms. The van der Waals surface area contributed by atoms with E-state index in [1.54, 1.807) is 47.5 Å². The molecule has 1 atom stereocenters. The van der Waals surface area contributed by atoms with Crippen molar-refractivity contribution >= 4 is 22.0 Å². The number of amides is 1. The highest BCUT2D eigenvalue weighted by Gasteiger charge is 2.42. The van der Waals surface area contributed by atoms with E-state index in [4.69, 9.17) is 0 Å². The van der Waals surface area contributed by atoms with Crippen LogP contribution in [0.4, 0.5) is 5.69 Å². The molecule has 4 rings (SSSR count). The third-order valence-electron chi connectivity index (χ3n) is 5.07. The average Bonchev–Trinajstić information content (AvgIpc) is 2.78. The van der Waals surface area contributed by atoms with Crippen LogP contribution in [-0.4, -0.2) is 45.5 Å². The molecule has 0 aliphatic carbocycles. The monoisotopic (exact) mass is 372 g/mol. The molecule has 1 unspecified atom stereocenters. The lowest BCUT2D eigenvalue weighted by Crippen LogP contribution is -2.55. The summed E-state index contributed by atoms with van der Waals surface area (Å²) in [5.41, 5.74) is 0.644. The fraction of sp³-hybridized carbons (Fsp3) is 0.333. The summed E-state index contributed by atoms with van der Waals surface area (Å²) in [5, 5.41) is 3.43. The fourth-order valence-corrected chi connectivity index (χ4v) is 4.82. The zero-order valence-corrected chi connectivity index (χ0v) is 15.0. The van der Waals surface area contributed by atoms with Gasteiger partial charge in [-0.25, -0.2) is 0 Å². The fourth-order valence-electron chi connectivity index (χ4n) is 3.54. The first-order valence-electron chi connectivity index (χ1n) is 8.56. The summed E-state index contributed by atoms with van der Waals surface area (Å²) in [7, 11) is -3.53. The van der Waals surface area contributed by atoms with Gasteiger partial charge in [0, 0.05) is 19.3 Å². The predicted molar refractivity (Wildman–Crippen MR) is 97.3 cm³/mol. The van der Waals surface area contributed by atoms with Gasteiger partial charge in [0.2, 0.25) is 0 Å². The topological polar surface area (TPSA) is 97.4 Å². The SMILES string of the molecule is O=C(c1ccccn1)N1CCC2(CC1)CN[S+](=O)([O-])c1ccccc1N2. The molecule has 8 heteroatoms. The smallest absolute Gasteiger partial charge is 0.272 e. The van der Waals surface area contributed by atoms with Gasteiger partial charge in [-0.1, -0.05) is 22.4 Å². The van der Waals surface area contributed by atoms with Crippen molar-refractivity contribution in [2.75, 3.05) is 25.0 Å². The van der Waals surface area contributed by atoms with E-state index in [0.29, 0.717) is 43.9 Å². The lowest BCUT2D eigenvalue weighted by molar-refractivity contribution is 0.0678. The maximum Gasteiger partial charge on any atom is 0.272 e. The van der Waals surface area contributed by atoms with Gasteiger partial charge < -0.3 is 14.8 Å². The Hall–Kier alpha value is -2.29. The van der Waals surface area contributed by atoms with Crippen molar-refractivity contribution in [3.05, 3.63) is 54.4 Å². The Labute approximate surface area is 153 Å². The Morgan fingerprint density at radius 2 is 1.88 bits per heavy atom. The minimum Gasteiger partial charge on any atom is -0.593 e. The van der Waals surface area contributed by atoms with Crippen molar-refractivity contribution in [1.29, 1.82) is 0 Å². The highest BCUT2D eigenvalue weighted by Crippen LogP contribution is 2.34. The number of para-hydroxylation sites is 1. The lowest BCUT2D eigenvalue weighted by atomic mass is 9.87. The van der Waals surface area contributed by atoms with E-state index < -0.39 is 15.9 Å².